The smallest absolute Gasteiger partial charge is 0.306 e. The summed E-state index contributed by atoms with van der Waals surface area (Å²) >= 11 is 0. The summed E-state index contributed by atoms with van der Waals surface area (Å²) in [6, 6.07) is 14.6. The van der Waals surface area contributed by atoms with Gasteiger partial charge in [0.25, 0.3) is 0 Å². The first-order valence-electron chi connectivity index (χ1n) is 10.1. The summed E-state index contributed by atoms with van der Waals surface area (Å²) in [6.07, 6.45) is 5.05. The van der Waals surface area contributed by atoms with Crippen LogP contribution in [-0.2, 0) is 27.9 Å². The maximum absolute atomic E-state index is 11.3. The van der Waals surface area contributed by atoms with Crippen molar-refractivity contribution in [3.8, 4) is 11.5 Å². The second kappa shape index (κ2) is 9.01. The number of carbonyl (C=O) groups excluding carboxylic acids is 1. The Morgan fingerprint density at radius 2 is 1.77 bits per heavy atom. The molecule has 0 aliphatic heterocycles. The first kappa shape index (κ1) is 22.7. The number of nitrogens with zero attached hydrogens (tertiary/aromatic N) is 1. The summed E-state index contributed by atoms with van der Waals surface area (Å²) in [5.74, 6) is -0.429. The van der Waals surface area contributed by atoms with E-state index in [2.05, 4.69) is 4.57 Å². The van der Waals surface area contributed by atoms with Gasteiger partial charge < -0.3 is 23.4 Å². The minimum atomic E-state index is -3.55. The molecule has 0 aliphatic rings. The molecule has 8 heteroatoms. The third kappa shape index (κ3) is 5.79. The summed E-state index contributed by atoms with van der Waals surface area (Å²) in [7, 11) is -3.55. The molecule has 0 N–H and O–H groups in total. The van der Waals surface area contributed by atoms with E-state index in [-0.39, 0.29) is 0 Å². The largest absolute Gasteiger partial charge is 0.546 e. The van der Waals surface area contributed by atoms with Gasteiger partial charge in [0.15, 0.2) is 0 Å². The molecule has 0 aliphatic carbocycles. The average Bonchev–Trinajstić information content (AvgIpc) is 3.10. The normalized spacial score (nSPS) is 13.6. The fourth-order valence-electron chi connectivity index (χ4n) is 3.30. The standard InChI is InChI=1S/C23H27NO6S/c1-4-23(2,22(25)26)29-19-9-7-17(8-10-19)6-5-14-24-15-13-18-16-20(11-12-21(18)24)30-31(3,27)28/h7-13,15-16H,4-6,14H2,1-3H3,(H,25,26)/p-1/t23-/m0/s1. The van der Waals surface area contributed by atoms with Crippen molar-refractivity contribution < 1.29 is 27.2 Å². The van der Waals surface area contributed by atoms with Crippen molar-refractivity contribution in [2.24, 2.45) is 0 Å². The number of aromatic nitrogens is 1. The molecule has 0 fully saturated rings. The van der Waals surface area contributed by atoms with Crippen LogP contribution in [0.3, 0.4) is 0 Å². The number of carbonyl (C=O) groups is 1. The summed E-state index contributed by atoms with van der Waals surface area (Å²) in [4.78, 5) is 11.3. The minimum Gasteiger partial charge on any atom is -0.546 e. The molecule has 1 atom stereocenters. The Balaban J connectivity index is 1.59. The Labute approximate surface area is 182 Å². The number of aliphatic carboxylic acids is 1. The van der Waals surface area contributed by atoms with Gasteiger partial charge in [-0.15, -0.1) is 0 Å². The van der Waals surface area contributed by atoms with Gasteiger partial charge in [0.05, 0.1) is 12.2 Å². The molecular weight excluding hydrogens is 418 g/mol. The third-order valence-electron chi connectivity index (χ3n) is 5.23. The molecule has 2 aromatic carbocycles. The van der Waals surface area contributed by atoms with Gasteiger partial charge >= 0.3 is 10.1 Å². The van der Waals surface area contributed by atoms with Crippen molar-refractivity contribution in [1.82, 2.24) is 4.57 Å². The van der Waals surface area contributed by atoms with E-state index < -0.39 is 21.7 Å². The highest BCUT2D eigenvalue weighted by Crippen LogP contribution is 2.24. The molecule has 1 heterocycles. The topological polar surface area (TPSA) is 97.7 Å². The number of fused-ring (bicyclic) bond motifs is 1. The number of carboxylic acid groups (broad SMARTS) is 1. The lowest BCUT2D eigenvalue weighted by atomic mass is 10.0. The number of rotatable bonds is 10. The van der Waals surface area contributed by atoms with E-state index in [1.54, 1.807) is 31.2 Å². The van der Waals surface area contributed by atoms with Crippen LogP contribution in [0.5, 0.6) is 11.5 Å². The molecule has 0 unspecified atom stereocenters. The first-order chi connectivity index (χ1) is 14.6. The van der Waals surface area contributed by atoms with E-state index in [1.807, 2.05) is 30.5 Å². The van der Waals surface area contributed by atoms with E-state index in [9.17, 15) is 18.3 Å². The predicted octanol–water partition coefficient (Wildman–Crippen LogP) is 2.91. The summed E-state index contributed by atoms with van der Waals surface area (Å²) < 4.78 is 35.2. The van der Waals surface area contributed by atoms with Gasteiger partial charge in [-0.3, -0.25) is 0 Å². The zero-order valence-electron chi connectivity index (χ0n) is 17.8. The van der Waals surface area contributed by atoms with Gasteiger partial charge in [-0.05, 0) is 68.1 Å². The van der Waals surface area contributed by atoms with E-state index in [4.69, 9.17) is 8.92 Å². The van der Waals surface area contributed by atoms with E-state index in [0.717, 1.165) is 42.1 Å². The molecule has 3 aromatic rings. The molecule has 0 saturated heterocycles. The van der Waals surface area contributed by atoms with Crippen LogP contribution in [0, 0.1) is 0 Å². The molecule has 31 heavy (non-hydrogen) atoms. The van der Waals surface area contributed by atoms with Crippen molar-refractivity contribution in [1.29, 1.82) is 0 Å². The highest BCUT2D eigenvalue weighted by molar-refractivity contribution is 7.86. The molecule has 7 nitrogen and oxygen atoms in total. The number of aryl methyl sites for hydroxylation is 2. The highest BCUT2D eigenvalue weighted by Gasteiger charge is 2.25. The molecule has 1 aromatic heterocycles. The van der Waals surface area contributed by atoms with E-state index in [1.165, 1.54) is 6.92 Å². The van der Waals surface area contributed by atoms with Crippen LogP contribution >= 0.6 is 0 Å². The van der Waals surface area contributed by atoms with Gasteiger partial charge in [0.1, 0.15) is 17.1 Å². The Hall–Kier alpha value is -3.00. The second-order valence-corrected chi connectivity index (χ2v) is 9.31. The Bertz CT molecular complexity index is 1170. The predicted molar refractivity (Wildman–Crippen MR) is 117 cm³/mol. The molecule has 0 radical (unpaired) electrons. The van der Waals surface area contributed by atoms with Crippen molar-refractivity contribution in [3.63, 3.8) is 0 Å². The average molecular weight is 445 g/mol. The van der Waals surface area contributed by atoms with Crippen LogP contribution < -0.4 is 14.0 Å². The molecule has 3 rings (SSSR count). The molecule has 166 valence electrons. The SMILES string of the molecule is CC[C@](C)(Oc1ccc(CCCn2ccc3cc(OS(C)(=O)=O)ccc32)cc1)C(=O)[O-]. The molecule has 0 amide bonds. The van der Waals surface area contributed by atoms with Crippen LogP contribution in [0.15, 0.2) is 54.7 Å². The van der Waals surface area contributed by atoms with Gasteiger partial charge in [-0.25, -0.2) is 0 Å². The maximum Gasteiger partial charge on any atom is 0.306 e. The monoisotopic (exact) mass is 444 g/mol. The Morgan fingerprint density at radius 1 is 1.10 bits per heavy atom. The number of hydrogen-bond acceptors (Lipinski definition) is 6. The molecule has 0 saturated carbocycles. The van der Waals surface area contributed by atoms with Crippen LogP contribution in [0.1, 0.15) is 32.3 Å². The molecule has 0 bridgehead atoms. The van der Waals surface area contributed by atoms with Crippen molar-refractivity contribution in [3.05, 3.63) is 60.3 Å². The highest BCUT2D eigenvalue weighted by atomic mass is 32.2. The first-order valence-corrected chi connectivity index (χ1v) is 11.9. The Kier molecular flexibility index (Phi) is 6.59. The van der Waals surface area contributed by atoms with Gasteiger partial charge in [-0.1, -0.05) is 19.1 Å². The maximum atomic E-state index is 11.3. The number of ether oxygens (including phenoxy) is 1. The van der Waals surface area contributed by atoms with Gasteiger partial charge in [-0.2, -0.15) is 8.42 Å². The quantitative estimate of drug-likeness (QED) is 0.446. The number of carboxylic acids is 1. The van der Waals surface area contributed by atoms with Crippen LogP contribution in [-0.4, -0.2) is 30.8 Å². The van der Waals surface area contributed by atoms with Crippen molar-refractivity contribution >= 4 is 27.0 Å². The lowest BCUT2D eigenvalue weighted by Crippen LogP contribution is -2.49. The van der Waals surface area contributed by atoms with E-state index >= 15 is 0 Å². The van der Waals surface area contributed by atoms with Crippen LogP contribution in [0.25, 0.3) is 10.9 Å². The van der Waals surface area contributed by atoms with E-state index in [0.29, 0.717) is 17.9 Å². The Morgan fingerprint density at radius 3 is 2.39 bits per heavy atom. The molecular formula is C23H26NO6S-. The zero-order chi connectivity index (χ0) is 22.6. The lowest BCUT2D eigenvalue weighted by Gasteiger charge is -2.30. The fourth-order valence-corrected chi connectivity index (χ4v) is 3.75. The van der Waals surface area contributed by atoms with Crippen molar-refractivity contribution in [2.45, 2.75) is 45.3 Å². The lowest BCUT2D eigenvalue weighted by molar-refractivity contribution is -0.321. The van der Waals surface area contributed by atoms with Gasteiger partial charge in [0.2, 0.25) is 0 Å². The number of benzene rings is 2. The summed E-state index contributed by atoms with van der Waals surface area (Å²) in [5.41, 5.74) is 0.786. The summed E-state index contributed by atoms with van der Waals surface area (Å²) in [5, 5.41) is 12.2. The third-order valence-corrected chi connectivity index (χ3v) is 5.72. The fraction of sp³-hybridized carbons (Fsp3) is 0.348. The van der Waals surface area contributed by atoms with Crippen molar-refractivity contribution in [2.75, 3.05) is 6.26 Å². The van der Waals surface area contributed by atoms with Crippen LogP contribution in [0.4, 0.5) is 0 Å². The number of hydrogen-bond donors (Lipinski definition) is 0. The summed E-state index contributed by atoms with van der Waals surface area (Å²) in [6.45, 7) is 4.05. The minimum absolute atomic E-state index is 0.299. The zero-order valence-corrected chi connectivity index (χ0v) is 18.6. The molecule has 0 spiro atoms. The van der Waals surface area contributed by atoms with Crippen LogP contribution in [0.2, 0.25) is 0 Å². The van der Waals surface area contributed by atoms with Gasteiger partial charge in [0, 0.05) is 23.6 Å². The second-order valence-electron chi connectivity index (χ2n) is 7.74.